The van der Waals surface area contributed by atoms with Gasteiger partial charge in [0.25, 0.3) is 0 Å². The van der Waals surface area contributed by atoms with Crippen molar-refractivity contribution >= 4 is 21.9 Å². The van der Waals surface area contributed by atoms with Crippen LogP contribution in [0.1, 0.15) is 21.6 Å². The molecule has 0 amide bonds. The third kappa shape index (κ3) is 3.80. The predicted molar refractivity (Wildman–Crippen MR) is 81.9 cm³/mol. The minimum absolute atomic E-state index is 0.289. The summed E-state index contributed by atoms with van der Waals surface area (Å²) in [4.78, 5) is 15.5. The number of carbonyl (C=O) groups excluding carboxylic acids is 1. The van der Waals surface area contributed by atoms with Gasteiger partial charge in [0.1, 0.15) is 12.4 Å². The Kier molecular flexibility index (Phi) is 5.30. The summed E-state index contributed by atoms with van der Waals surface area (Å²) in [7, 11) is 1.33. The van der Waals surface area contributed by atoms with Gasteiger partial charge in [-0.2, -0.15) is 0 Å². The molecule has 0 aliphatic carbocycles. The van der Waals surface area contributed by atoms with Crippen LogP contribution in [-0.2, 0) is 17.9 Å². The van der Waals surface area contributed by atoms with Crippen LogP contribution in [0.3, 0.4) is 0 Å². The van der Waals surface area contributed by atoms with Crippen molar-refractivity contribution in [2.45, 2.75) is 13.2 Å². The van der Waals surface area contributed by atoms with Crippen molar-refractivity contribution in [3.05, 3.63) is 57.8 Å². The maximum Gasteiger partial charge on any atom is 0.339 e. The van der Waals surface area contributed by atoms with Crippen molar-refractivity contribution in [3.8, 4) is 5.75 Å². The number of carbonyl (C=O) groups is 1. The number of esters is 1. The average Bonchev–Trinajstić information content (AvgIpc) is 2.53. The maximum absolute atomic E-state index is 11.3. The van der Waals surface area contributed by atoms with Gasteiger partial charge in [-0.1, -0.05) is 12.1 Å². The minimum Gasteiger partial charge on any atom is -0.486 e. The Morgan fingerprint density at radius 3 is 2.76 bits per heavy atom. The molecule has 0 unspecified atom stereocenters. The third-order valence-electron chi connectivity index (χ3n) is 2.88. The van der Waals surface area contributed by atoms with Gasteiger partial charge in [0.05, 0.1) is 22.8 Å². The lowest BCUT2D eigenvalue weighted by Crippen LogP contribution is -2.06. The largest absolute Gasteiger partial charge is 0.486 e. The molecule has 0 spiro atoms. The Bertz CT molecular complexity index is 629. The fourth-order valence-electron chi connectivity index (χ4n) is 1.77. The molecule has 6 heteroatoms. The van der Waals surface area contributed by atoms with Crippen LogP contribution in [0.25, 0.3) is 0 Å². The number of aromatic nitrogens is 1. The van der Waals surface area contributed by atoms with Gasteiger partial charge in [-0.25, -0.2) is 4.79 Å². The quantitative estimate of drug-likeness (QED) is 0.839. The fourth-order valence-corrected chi connectivity index (χ4v) is 2.29. The van der Waals surface area contributed by atoms with Crippen molar-refractivity contribution in [2.24, 2.45) is 5.73 Å². The van der Waals surface area contributed by atoms with Crippen molar-refractivity contribution in [1.82, 2.24) is 4.98 Å². The summed E-state index contributed by atoms with van der Waals surface area (Å²) in [5.74, 6) is 0.296. The highest BCUT2D eigenvalue weighted by atomic mass is 79.9. The minimum atomic E-state index is -0.411. The van der Waals surface area contributed by atoms with E-state index >= 15 is 0 Å². The zero-order valence-electron chi connectivity index (χ0n) is 11.5. The Morgan fingerprint density at radius 1 is 1.33 bits per heavy atom. The van der Waals surface area contributed by atoms with E-state index in [4.69, 9.17) is 10.5 Å². The number of hydrogen-bond acceptors (Lipinski definition) is 5. The fraction of sp³-hybridized carbons (Fsp3) is 0.200. The van der Waals surface area contributed by atoms with E-state index in [1.54, 1.807) is 12.1 Å². The van der Waals surface area contributed by atoms with Gasteiger partial charge in [0.15, 0.2) is 0 Å². The molecule has 2 rings (SSSR count). The van der Waals surface area contributed by atoms with Crippen molar-refractivity contribution in [2.75, 3.05) is 7.11 Å². The maximum atomic E-state index is 11.3. The molecule has 0 atom stereocenters. The van der Waals surface area contributed by atoms with E-state index in [1.165, 1.54) is 13.3 Å². The van der Waals surface area contributed by atoms with E-state index in [-0.39, 0.29) is 6.61 Å². The second kappa shape index (κ2) is 7.19. The van der Waals surface area contributed by atoms with Crippen LogP contribution >= 0.6 is 15.9 Å². The van der Waals surface area contributed by atoms with Crippen LogP contribution in [0.2, 0.25) is 0 Å². The van der Waals surface area contributed by atoms with Crippen LogP contribution in [0, 0.1) is 0 Å². The lowest BCUT2D eigenvalue weighted by atomic mass is 10.2. The predicted octanol–water partition coefficient (Wildman–Crippen LogP) is 2.67. The van der Waals surface area contributed by atoms with E-state index < -0.39 is 5.97 Å². The molecule has 110 valence electrons. The second-order valence-electron chi connectivity index (χ2n) is 4.25. The van der Waals surface area contributed by atoms with Crippen molar-refractivity contribution in [1.29, 1.82) is 0 Å². The monoisotopic (exact) mass is 350 g/mol. The number of ether oxygens (including phenoxy) is 2. The van der Waals surface area contributed by atoms with Crippen LogP contribution < -0.4 is 10.5 Å². The topological polar surface area (TPSA) is 74.4 Å². The number of hydrogen-bond donors (Lipinski definition) is 1. The molecule has 0 radical (unpaired) electrons. The highest BCUT2D eigenvalue weighted by Crippen LogP contribution is 2.29. The standard InChI is InChI=1S/C15H15BrN2O3/c1-20-15(19)11-5-6-12(18-8-11)9-21-14-10(7-17)3-2-4-13(14)16/h2-6,8H,7,9,17H2,1H3. The molecule has 5 nitrogen and oxygen atoms in total. The highest BCUT2D eigenvalue weighted by Gasteiger charge is 2.09. The molecule has 2 aromatic rings. The van der Waals surface area contributed by atoms with Gasteiger partial charge in [0, 0.05) is 18.3 Å². The summed E-state index contributed by atoms with van der Waals surface area (Å²) in [5, 5.41) is 0. The number of methoxy groups -OCH3 is 1. The molecule has 0 saturated heterocycles. The third-order valence-corrected chi connectivity index (χ3v) is 3.50. The lowest BCUT2D eigenvalue weighted by molar-refractivity contribution is 0.0600. The molecular weight excluding hydrogens is 336 g/mol. The van der Waals surface area contributed by atoms with Gasteiger partial charge in [-0.3, -0.25) is 4.98 Å². The Hall–Kier alpha value is -1.92. The number of rotatable bonds is 5. The Morgan fingerprint density at radius 2 is 2.14 bits per heavy atom. The van der Waals surface area contributed by atoms with Gasteiger partial charge in [-0.15, -0.1) is 0 Å². The van der Waals surface area contributed by atoms with E-state index in [2.05, 4.69) is 25.7 Å². The van der Waals surface area contributed by atoms with E-state index in [1.807, 2.05) is 18.2 Å². The number of nitrogens with zero attached hydrogens (tertiary/aromatic N) is 1. The van der Waals surface area contributed by atoms with Gasteiger partial charge >= 0.3 is 5.97 Å². The molecule has 0 bridgehead atoms. The molecule has 1 heterocycles. The zero-order chi connectivity index (χ0) is 15.2. The Labute approximate surface area is 131 Å². The van der Waals surface area contributed by atoms with Crippen LogP contribution in [0.15, 0.2) is 41.0 Å². The smallest absolute Gasteiger partial charge is 0.339 e. The van der Waals surface area contributed by atoms with Crippen LogP contribution in [-0.4, -0.2) is 18.1 Å². The number of pyridine rings is 1. The van der Waals surface area contributed by atoms with Crippen LogP contribution in [0.4, 0.5) is 0 Å². The first-order valence-corrected chi connectivity index (χ1v) is 7.08. The molecule has 2 N–H and O–H groups in total. The number of halogens is 1. The van der Waals surface area contributed by atoms with Crippen molar-refractivity contribution in [3.63, 3.8) is 0 Å². The van der Waals surface area contributed by atoms with Crippen molar-refractivity contribution < 1.29 is 14.3 Å². The first-order valence-electron chi connectivity index (χ1n) is 6.29. The summed E-state index contributed by atoms with van der Waals surface area (Å²) in [6.07, 6.45) is 1.47. The van der Waals surface area contributed by atoms with Gasteiger partial charge < -0.3 is 15.2 Å². The normalized spacial score (nSPS) is 10.2. The molecule has 21 heavy (non-hydrogen) atoms. The Balaban J connectivity index is 2.08. The second-order valence-corrected chi connectivity index (χ2v) is 5.11. The summed E-state index contributed by atoms with van der Waals surface area (Å²) >= 11 is 3.44. The summed E-state index contributed by atoms with van der Waals surface area (Å²) in [5.41, 5.74) is 7.72. The number of benzene rings is 1. The highest BCUT2D eigenvalue weighted by molar-refractivity contribution is 9.10. The molecule has 0 fully saturated rings. The summed E-state index contributed by atoms with van der Waals surface area (Å²) in [6, 6.07) is 9.09. The summed E-state index contributed by atoms with van der Waals surface area (Å²) in [6.45, 7) is 0.681. The zero-order valence-corrected chi connectivity index (χ0v) is 13.1. The van der Waals surface area contributed by atoms with E-state index in [9.17, 15) is 4.79 Å². The molecule has 1 aromatic carbocycles. The van der Waals surface area contributed by atoms with E-state index in [0.29, 0.717) is 23.6 Å². The summed E-state index contributed by atoms with van der Waals surface area (Å²) < 4.78 is 11.2. The van der Waals surface area contributed by atoms with Crippen LogP contribution in [0.5, 0.6) is 5.75 Å². The lowest BCUT2D eigenvalue weighted by Gasteiger charge is -2.12. The van der Waals surface area contributed by atoms with Gasteiger partial charge in [-0.05, 0) is 34.1 Å². The first-order chi connectivity index (χ1) is 10.2. The van der Waals surface area contributed by atoms with Gasteiger partial charge in [0.2, 0.25) is 0 Å². The SMILES string of the molecule is COC(=O)c1ccc(COc2c(Br)cccc2CN)nc1. The molecular formula is C15H15BrN2O3. The molecule has 1 aromatic heterocycles. The number of para-hydroxylation sites is 1. The molecule has 0 aliphatic rings. The number of nitrogens with two attached hydrogens (primary N) is 1. The molecule has 0 aliphatic heterocycles. The van der Waals surface area contributed by atoms with E-state index in [0.717, 1.165) is 10.0 Å². The first kappa shape index (κ1) is 15.5. The molecule has 0 saturated carbocycles. The average molecular weight is 351 g/mol.